The van der Waals surface area contributed by atoms with Gasteiger partial charge in [0.15, 0.2) is 0 Å². The second-order valence-corrected chi connectivity index (χ2v) is 6.69. The Morgan fingerprint density at radius 1 is 1.30 bits per heavy atom. The first-order valence-corrected chi connectivity index (χ1v) is 7.85. The van der Waals surface area contributed by atoms with Gasteiger partial charge >= 0.3 is 5.97 Å². The highest BCUT2D eigenvalue weighted by Gasteiger charge is 2.18. The van der Waals surface area contributed by atoms with Crippen LogP contribution in [-0.4, -0.2) is 24.6 Å². The summed E-state index contributed by atoms with van der Waals surface area (Å²) < 4.78 is 26.4. The predicted molar refractivity (Wildman–Crippen MR) is 73.4 cm³/mol. The van der Waals surface area contributed by atoms with Crippen molar-refractivity contribution in [2.75, 3.05) is 0 Å². The van der Waals surface area contributed by atoms with Crippen molar-refractivity contribution in [1.82, 2.24) is 4.72 Å². The van der Waals surface area contributed by atoms with Gasteiger partial charge in [0.2, 0.25) is 10.0 Å². The van der Waals surface area contributed by atoms with Crippen LogP contribution in [0.25, 0.3) is 0 Å². The summed E-state index contributed by atoms with van der Waals surface area (Å²) in [7, 11) is -3.83. The van der Waals surface area contributed by atoms with Crippen molar-refractivity contribution in [3.05, 3.63) is 46.2 Å². The average molecular weight is 313 g/mol. The normalized spacial score (nSPS) is 11.4. The van der Waals surface area contributed by atoms with Gasteiger partial charge in [-0.2, -0.15) is 0 Å². The molecule has 0 aliphatic carbocycles. The number of thiophene rings is 1. The summed E-state index contributed by atoms with van der Waals surface area (Å²) in [6, 6.07) is 6.71. The lowest BCUT2D eigenvalue weighted by atomic mass is 10.2. The Bertz CT molecular complexity index is 722. The first-order valence-electron chi connectivity index (χ1n) is 5.48. The lowest BCUT2D eigenvalue weighted by Gasteiger charge is -2.07. The van der Waals surface area contributed by atoms with Crippen molar-refractivity contribution in [2.24, 2.45) is 0 Å². The number of carboxylic acid groups (broad SMARTS) is 1. The fourth-order valence-electron chi connectivity index (χ4n) is 1.52. The molecule has 0 radical (unpaired) electrons. The van der Waals surface area contributed by atoms with E-state index < -0.39 is 27.3 Å². The van der Waals surface area contributed by atoms with Crippen LogP contribution in [0.2, 0.25) is 0 Å². The van der Waals surface area contributed by atoms with Crippen molar-refractivity contribution in [3.8, 4) is 5.75 Å². The third-order valence-electron chi connectivity index (χ3n) is 2.53. The van der Waals surface area contributed by atoms with E-state index in [4.69, 9.17) is 5.11 Å². The highest BCUT2D eigenvalue weighted by Crippen LogP contribution is 2.21. The van der Waals surface area contributed by atoms with Gasteiger partial charge in [-0.15, -0.1) is 11.3 Å². The summed E-state index contributed by atoms with van der Waals surface area (Å²) in [6.07, 6.45) is 0. The Labute approximate surface area is 119 Å². The predicted octanol–water partition coefficient (Wildman–Crippen LogP) is 1.63. The van der Waals surface area contributed by atoms with E-state index in [1.807, 2.05) is 5.38 Å². The Balaban J connectivity index is 2.25. The van der Waals surface area contributed by atoms with Gasteiger partial charge in [0.25, 0.3) is 0 Å². The monoisotopic (exact) mass is 313 g/mol. The molecule has 8 heteroatoms. The van der Waals surface area contributed by atoms with Gasteiger partial charge in [0.05, 0.1) is 4.90 Å². The quantitative estimate of drug-likeness (QED) is 0.778. The molecule has 1 heterocycles. The van der Waals surface area contributed by atoms with Gasteiger partial charge in [0.1, 0.15) is 11.3 Å². The molecule has 0 unspecified atom stereocenters. The number of rotatable bonds is 5. The number of benzene rings is 1. The summed E-state index contributed by atoms with van der Waals surface area (Å²) in [5.41, 5.74) is -0.455. The van der Waals surface area contributed by atoms with E-state index in [0.29, 0.717) is 0 Å². The molecule has 0 fully saturated rings. The number of phenols is 1. The van der Waals surface area contributed by atoms with Gasteiger partial charge in [-0.3, -0.25) is 0 Å². The molecule has 2 rings (SSSR count). The fourth-order valence-corrected chi connectivity index (χ4v) is 3.28. The van der Waals surface area contributed by atoms with E-state index in [1.165, 1.54) is 11.3 Å². The summed E-state index contributed by atoms with van der Waals surface area (Å²) in [6.45, 7) is 0.128. The van der Waals surface area contributed by atoms with Gasteiger partial charge < -0.3 is 10.2 Å². The van der Waals surface area contributed by atoms with Gasteiger partial charge in [0, 0.05) is 11.4 Å². The first-order chi connectivity index (χ1) is 9.40. The number of carboxylic acids is 1. The van der Waals surface area contributed by atoms with E-state index in [0.717, 1.165) is 23.1 Å². The van der Waals surface area contributed by atoms with Crippen LogP contribution in [0.15, 0.2) is 40.6 Å². The molecule has 0 saturated carbocycles. The van der Waals surface area contributed by atoms with Gasteiger partial charge in [-0.1, -0.05) is 6.07 Å². The molecule has 0 amide bonds. The minimum atomic E-state index is -3.83. The second kappa shape index (κ2) is 5.61. The summed E-state index contributed by atoms with van der Waals surface area (Å²) in [4.78, 5) is 11.5. The Kier molecular flexibility index (Phi) is 4.07. The van der Waals surface area contributed by atoms with E-state index in [-0.39, 0.29) is 11.4 Å². The van der Waals surface area contributed by atoms with Crippen LogP contribution in [0.4, 0.5) is 0 Å². The van der Waals surface area contributed by atoms with Crippen molar-refractivity contribution < 1.29 is 23.4 Å². The molecular formula is C12H11NO5S2. The van der Waals surface area contributed by atoms with Gasteiger partial charge in [-0.25, -0.2) is 17.9 Å². The number of nitrogens with one attached hydrogen (secondary N) is 1. The van der Waals surface area contributed by atoms with Crippen molar-refractivity contribution >= 4 is 27.3 Å². The molecule has 0 aliphatic heterocycles. The zero-order chi connectivity index (χ0) is 14.8. The SMILES string of the molecule is O=C(O)c1cc(S(=O)(=O)NCc2cccs2)ccc1O. The smallest absolute Gasteiger partial charge is 0.339 e. The molecule has 2 aromatic rings. The molecule has 0 atom stereocenters. The van der Waals surface area contributed by atoms with Crippen LogP contribution in [0.3, 0.4) is 0 Å². The molecule has 3 N–H and O–H groups in total. The number of hydrogen-bond donors (Lipinski definition) is 3. The molecule has 6 nitrogen and oxygen atoms in total. The largest absolute Gasteiger partial charge is 0.507 e. The second-order valence-electron chi connectivity index (χ2n) is 3.89. The van der Waals surface area contributed by atoms with Crippen LogP contribution < -0.4 is 4.72 Å². The Morgan fingerprint density at radius 2 is 2.05 bits per heavy atom. The molecule has 1 aromatic carbocycles. The summed E-state index contributed by atoms with van der Waals surface area (Å²) in [5.74, 6) is -1.87. The summed E-state index contributed by atoms with van der Waals surface area (Å²) >= 11 is 1.41. The highest BCUT2D eigenvalue weighted by molar-refractivity contribution is 7.89. The Morgan fingerprint density at radius 3 is 2.65 bits per heavy atom. The van der Waals surface area contributed by atoms with Crippen LogP contribution >= 0.6 is 11.3 Å². The van der Waals surface area contributed by atoms with Gasteiger partial charge in [-0.05, 0) is 29.6 Å². The fraction of sp³-hybridized carbons (Fsp3) is 0.0833. The van der Waals surface area contributed by atoms with Crippen LogP contribution in [-0.2, 0) is 16.6 Å². The maximum absolute atomic E-state index is 12.0. The van der Waals surface area contributed by atoms with E-state index in [9.17, 15) is 18.3 Å². The number of hydrogen-bond acceptors (Lipinski definition) is 5. The molecule has 0 bridgehead atoms. The molecule has 20 heavy (non-hydrogen) atoms. The van der Waals surface area contributed by atoms with Crippen LogP contribution in [0, 0.1) is 0 Å². The zero-order valence-corrected chi connectivity index (χ0v) is 11.7. The topological polar surface area (TPSA) is 104 Å². The number of aromatic hydroxyl groups is 1. The average Bonchev–Trinajstić information content (AvgIpc) is 2.89. The van der Waals surface area contributed by atoms with E-state index in [2.05, 4.69) is 4.72 Å². The lowest BCUT2D eigenvalue weighted by molar-refractivity contribution is 0.0693. The third kappa shape index (κ3) is 3.16. The molecule has 0 aliphatic rings. The van der Waals surface area contributed by atoms with Crippen molar-refractivity contribution in [1.29, 1.82) is 0 Å². The maximum Gasteiger partial charge on any atom is 0.339 e. The maximum atomic E-state index is 12.0. The Hall–Kier alpha value is -1.90. The molecular weight excluding hydrogens is 302 g/mol. The minimum Gasteiger partial charge on any atom is -0.507 e. The minimum absolute atomic E-state index is 0.128. The summed E-state index contributed by atoms with van der Waals surface area (Å²) in [5, 5.41) is 20.0. The number of carbonyl (C=O) groups is 1. The van der Waals surface area contributed by atoms with Crippen molar-refractivity contribution in [2.45, 2.75) is 11.4 Å². The van der Waals surface area contributed by atoms with E-state index >= 15 is 0 Å². The highest BCUT2D eigenvalue weighted by atomic mass is 32.2. The molecule has 106 valence electrons. The number of sulfonamides is 1. The molecule has 1 aromatic heterocycles. The standard InChI is InChI=1S/C12H11NO5S2/c14-11-4-3-9(6-10(11)12(15)16)20(17,18)13-7-8-2-1-5-19-8/h1-6,13-14H,7H2,(H,15,16). The molecule has 0 spiro atoms. The lowest BCUT2D eigenvalue weighted by Crippen LogP contribution is -2.23. The third-order valence-corrected chi connectivity index (χ3v) is 4.80. The molecule has 0 saturated heterocycles. The zero-order valence-electron chi connectivity index (χ0n) is 10.1. The first kappa shape index (κ1) is 14.5. The van der Waals surface area contributed by atoms with Crippen molar-refractivity contribution in [3.63, 3.8) is 0 Å². The van der Waals surface area contributed by atoms with Crippen LogP contribution in [0.1, 0.15) is 15.2 Å². The van der Waals surface area contributed by atoms with Crippen LogP contribution in [0.5, 0.6) is 5.75 Å². The number of aromatic carboxylic acids is 1. The van der Waals surface area contributed by atoms with E-state index in [1.54, 1.807) is 12.1 Å².